The number of hydrogen-bond acceptors (Lipinski definition) is 3. The zero-order valence-corrected chi connectivity index (χ0v) is 14.0. The first-order valence-electron chi connectivity index (χ1n) is 6.21. The van der Waals surface area contributed by atoms with Gasteiger partial charge in [0.25, 0.3) is 10.0 Å². The average Bonchev–Trinajstić information content (AvgIpc) is 2.88. The molecule has 1 aromatic heterocycles. The SMILES string of the molecule is O=Cc1cn(S(=O)(=O)c2ccc(F)cc2)c2cccc(I)c12. The van der Waals surface area contributed by atoms with Gasteiger partial charge in [0.15, 0.2) is 6.29 Å². The molecule has 0 aliphatic carbocycles. The fraction of sp³-hybridized carbons (Fsp3) is 0. The van der Waals surface area contributed by atoms with E-state index >= 15 is 0 Å². The Bertz CT molecular complexity index is 978. The number of halogens is 2. The van der Waals surface area contributed by atoms with Crippen molar-refractivity contribution in [1.29, 1.82) is 0 Å². The minimum atomic E-state index is -3.90. The van der Waals surface area contributed by atoms with Crippen molar-refractivity contribution in [3.05, 3.63) is 63.6 Å². The Labute approximate surface area is 139 Å². The maximum Gasteiger partial charge on any atom is 0.268 e. The Kier molecular flexibility index (Phi) is 3.77. The normalized spacial score (nSPS) is 11.7. The van der Waals surface area contributed by atoms with Gasteiger partial charge in [-0.05, 0) is 59.0 Å². The van der Waals surface area contributed by atoms with Crippen LogP contribution in [0.15, 0.2) is 53.6 Å². The molecule has 0 radical (unpaired) electrons. The number of benzene rings is 2. The molecule has 112 valence electrons. The van der Waals surface area contributed by atoms with Crippen molar-refractivity contribution >= 4 is 49.8 Å². The van der Waals surface area contributed by atoms with Gasteiger partial charge in [0.05, 0.1) is 10.4 Å². The van der Waals surface area contributed by atoms with Gasteiger partial charge in [-0.3, -0.25) is 4.79 Å². The molecule has 0 saturated carbocycles. The molecule has 0 amide bonds. The van der Waals surface area contributed by atoms with Crippen molar-refractivity contribution in [2.75, 3.05) is 0 Å². The van der Waals surface area contributed by atoms with Crippen LogP contribution in [0, 0.1) is 9.39 Å². The van der Waals surface area contributed by atoms with E-state index in [2.05, 4.69) is 22.6 Å². The van der Waals surface area contributed by atoms with E-state index in [1.807, 2.05) is 0 Å². The number of hydrogen-bond donors (Lipinski definition) is 0. The second kappa shape index (κ2) is 5.47. The first-order valence-corrected chi connectivity index (χ1v) is 8.73. The van der Waals surface area contributed by atoms with Gasteiger partial charge in [-0.15, -0.1) is 0 Å². The summed E-state index contributed by atoms with van der Waals surface area (Å²) in [6.45, 7) is 0. The zero-order chi connectivity index (χ0) is 15.9. The largest absolute Gasteiger partial charge is 0.298 e. The predicted octanol–water partition coefficient (Wildman–Crippen LogP) is 3.43. The Hall–Kier alpha value is -1.74. The van der Waals surface area contributed by atoms with E-state index in [4.69, 9.17) is 0 Å². The third-order valence-electron chi connectivity index (χ3n) is 3.27. The van der Waals surface area contributed by atoms with E-state index in [9.17, 15) is 17.6 Å². The van der Waals surface area contributed by atoms with E-state index in [1.54, 1.807) is 18.2 Å². The third-order valence-corrected chi connectivity index (χ3v) is 5.86. The van der Waals surface area contributed by atoms with Crippen LogP contribution in [0.4, 0.5) is 4.39 Å². The summed E-state index contributed by atoms with van der Waals surface area (Å²) in [5.41, 5.74) is 0.712. The average molecular weight is 429 g/mol. The minimum absolute atomic E-state index is 0.0397. The molecule has 0 unspecified atom stereocenters. The molecule has 0 aliphatic rings. The van der Waals surface area contributed by atoms with Crippen molar-refractivity contribution < 1.29 is 17.6 Å². The van der Waals surface area contributed by atoms with Gasteiger partial charge < -0.3 is 0 Å². The Morgan fingerprint density at radius 3 is 2.41 bits per heavy atom. The van der Waals surface area contributed by atoms with E-state index in [0.717, 1.165) is 19.7 Å². The molecule has 0 N–H and O–H groups in total. The number of carbonyl (C=O) groups excluding carboxylic acids is 1. The number of rotatable bonds is 3. The van der Waals surface area contributed by atoms with Crippen LogP contribution in [-0.4, -0.2) is 18.7 Å². The standard InChI is InChI=1S/C15H9FINO3S/c16-11-4-6-12(7-5-11)22(20,21)18-8-10(9-19)15-13(17)2-1-3-14(15)18/h1-9H. The summed E-state index contributed by atoms with van der Waals surface area (Å²) in [6.07, 6.45) is 1.92. The van der Waals surface area contributed by atoms with Crippen LogP contribution in [0.2, 0.25) is 0 Å². The molecule has 0 saturated heterocycles. The van der Waals surface area contributed by atoms with Crippen molar-refractivity contribution in [2.45, 2.75) is 4.90 Å². The topological polar surface area (TPSA) is 56.1 Å². The van der Waals surface area contributed by atoms with Crippen LogP contribution >= 0.6 is 22.6 Å². The van der Waals surface area contributed by atoms with Gasteiger partial charge in [-0.2, -0.15) is 0 Å². The molecule has 3 aromatic rings. The Morgan fingerprint density at radius 2 is 1.77 bits per heavy atom. The number of nitrogens with zero attached hydrogens (tertiary/aromatic N) is 1. The molecule has 3 rings (SSSR count). The Morgan fingerprint density at radius 1 is 1.09 bits per heavy atom. The first kappa shape index (κ1) is 15.2. The van der Waals surface area contributed by atoms with Crippen LogP contribution in [0.5, 0.6) is 0 Å². The van der Waals surface area contributed by atoms with Gasteiger partial charge in [0, 0.05) is 20.7 Å². The van der Waals surface area contributed by atoms with Crippen LogP contribution in [0.1, 0.15) is 10.4 Å². The number of aromatic nitrogens is 1. The highest BCUT2D eigenvalue weighted by Gasteiger charge is 2.22. The minimum Gasteiger partial charge on any atom is -0.298 e. The molecule has 0 atom stereocenters. The Balaban J connectivity index is 2.32. The van der Waals surface area contributed by atoms with E-state index < -0.39 is 15.8 Å². The third kappa shape index (κ3) is 2.34. The molecule has 0 aliphatic heterocycles. The quantitative estimate of drug-likeness (QED) is 0.474. The van der Waals surface area contributed by atoms with Gasteiger partial charge in [-0.25, -0.2) is 16.8 Å². The molecular weight excluding hydrogens is 420 g/mol. The highest BCUT2D eigenvalue weighted by molar-refractivity contribution is 14.1. The molecule has 4 nitrogen and oxygen atoms in total. The van der Waals surface area contributed by atoms with Crippen molar-refractivity contribution in [3.8, 4) is 0 Å². The van der Waals surface area contributed by atoms with E-state index in [-0.39, 0.29) is 4.90 Å². The number of carbonyl (C=O) groups is 1. The summed E-state index contributed by atoms with van der Waals surface area (Å²) in [7, 11) is -3.90. The lowest BCUT2D eigenvalue weighted by Gasteiger charge is -2.07. The van der Waals surface area contributed by atoms with Crippen LogP contribution in [0.3, 0.4) is 0 Å². The zero-order valence-electron chi connectivity index (χ0n) is 11.0. The summed E-state index contributed by atoms with van der Waals surface area (Å²) < 4.78 is 40.3. The molecule has 0 fully saturated rings. The van der Waals surface area contributed by atoms with Gasteiger partial charge in [0.2, 0.25) is 0 Å². The number of fused-ring (bicyclic) bond motifs is 1. The molecule has 0 spiro atoms. The van der Waals surface area contributed by atoms with Crippen LogP contribution in [0.25, 0.3) is 10.9 Å². The molecular formula is C15H9FINO3S. The monoisotopic (exact) mass is 429 g/mol. The van der Waals surface area contributed by atoms with Crippen LogP contribution in [-0.2, 0) is 10.0 Å². The van der Waals surface area contributed by atoms with E-state index in [1.165, 1.54) is 18.3 Å². The predicted molar refractivity (Wildman–Crippen MR) is 89.0 cm³/mol. The summed E-state index contributed by atoms with van der Waals surface area (Å²) in [6, 6.07) is 9.72. The summed E-state index contributed by atoms with van der Waals surface area (Å²) >= 11 is 2.05. The highest BCUT2D eigenvalue weighted by atomic mass is 127. The van der Waals surface area contributed by atoms with Gasteiger partial charge in [0.1, 0.15) is 5.82 Å². The van der Waals surface area contributed by atoms with Crippen molar-refractivity contribution in [2.24, 2.45) is 0 Å². The molecule has 7 heteroatoms. The van der Waals surface area contributed by atoms with Gasteiger partial charge in [-0.1, -0.05) is 6.07 Å². The maximum absolute atomic E-state index is 13.0. The van der Waals surface area contributed by atoms with Gasteiger partial charge >= 0.3 is 0 Å². The smallest absolute Gasteiger partial charge is 0.268 e. The van der Waals surface area contributed by atoms with Crippen molar-refractivity contribution in [1.82, 2.24) is 3.97 Å². The second-order valence-electron chi connectivity index (χ2n) is 4.59. The highest BCUT2D eigenvalue weighted by Crippen LogP contribution is 2.28. The number of aldehydes is 1. The lowest BCUT2D eigenvalue weighted by Crippen LogP contribution is -2.11. The van der Waals surface area contributed by atoms with Crippen molar-refractivity contribution in [3.63, 3.8) is 0 Å². The lowest BCUT2D eigenvalue weighted by atomic mass is 10.2. The molecule has 22 heavy (non-hydrogen) atoms. The van der Waals surface area contributed by atoms with E-state index in [0.29, 0.717) is 22.8 Å². The summed E-state index contributed by atoms with van der Waals surface area (Å²) in [4.78, 5) is 11.2. The fourth-order valence-electron chi connectivity index (χ4n) is 2.25. The summed E-state index contributed by atoms with van der Waals surface area (Å²) in [5, 5.41) is 0.587. The molecule has 0 bridgehead atoms. The van der Waals surface area contributed by atoms with Crippen LogP contribution < -0.4 is 0 Å². The lowest BCUT2D eigenvalue weighted by molar-refractivity contribution is 0.112. The first-order chi connectivity index (χ1) is 10.4. The fourth-order valence-corrected chi connectivity index (χ4v) is 4.42. The second-order valence-corrected chi connectivity index (χ2v) is 7.57. The summed E-state index contributed by atoms with van der Waals surface area (Å²) in [5.74, 6) is -0.514. The maximum atomic E-state index is 13.0. The molecule has 2 aromatic carbocycles. The molecule has 1 heterocycles.